The quantitative estimate of drug-likeness (QED) is 0.228. The third kappa shape index (κ3) is 5.52. The summed E-state index contributed by atoms with van der Waals surface area (Å²) in [6.07, 6.45) is 0.949. The average Bonchev–Trinajstić information content (AvgIpc) is 3.05. The summed E-state index contributed by atoms with van der Waals surface area (Å²) in [5.74, 6) is -0.275. The van der Waals surface area contributed by atoms with Gasteiger partial charge >= 0.3 is 5.63 Å². The van der Waals surface area contributed by atoms with Gasteiger partial charge in [-0.1, -0.05) is 35.9 Å². The number of fused-ring (bicyclic) bond motifs is 5. The van der Waals surface area contributed by atoms with Crippen molar-refractivity contribution in [3.63, 3.8) is 0 Å². The summed E-state index contributed by atoms with van der Waals surface area (Å²) in [6, 6.07) is 23.8. The minimum absolute atomic E-state index is 0.00340. The first kappa shape index (κ1) is 29.4. The fourth-order valence-electron chi connectivity index (χ4n) is 6.50. The van der Waals surface area contributed by atoms with Gasteiger partial charge in [0.1, 0.15) is 16.9 Å². The van der Waals surface area contributed by atoms with Gasteiger partial charge in [-0.2, -0.15) is 0 Å². The Kier molecular flexibility index (Phi) is 7.58. The largest absolute Gasteiger partial charge is 0.495 e. The number of anilines is 3. The van der Waals surface area contributed by atoms with E-state index in [2.05, 4.69) is 15.5 Å². The van der Waals surface area contributed by atoms with E-state index in [0.29, 0.717) is 58.4 Å². The number of nitrogens with one attached hydrogen (secondary N) is 2. The number of nitrogens with zero attached hydrogens (tertiary/aromatic N) is 2. The molecule has 1 saturated heterocycles. The summed E-state index contributed by atoms with van der Waals surface area (Å²) in [5.41, 5.74) is 2.25. The highest BCUT2D eigenvalue weighted by molar-refractivity contribution is 6.32. The lowest BCUT2D eigenvalue weighted by atomic mass is 9.83. The summed E-state index contributed by atoms with van der Waals surface area (Å²) in [4.78, 5) is 54.6. The van der Waals surface area contributed by atoms with Crippen molar-refractivity contribution >= 4 is 51.4 Å². The Morgan fingerprint density at radius 1 is 0.891 bits per heavy atom. The van der Waals surface area contributed by atoms with Gasteiger partial charge in [-0.3, -0.25) is 14.4 Å². The minimum Gasteiger partial charge on any atom is -0.495 e. The second-order valence-corrected chi connectivity index (χ2v) is 12.0. The minimum atomic E-state index is -0.766. The molecule has 3 aromatic carbocycles. The molecule has 2 amide bonds. The Labute approximate surface area is 268 Å². The van der Waals surface area contributed by atoms with Crippen LogP contribution in [0.5, 0.6) is 5.75 Å². The lowest BCUT2D eigenvalue weighted by molar-refractivity contribution is 0.101. The van der Waals surface area contributed by atoms with E-state index in [9.17, 15) is 19.2 Å². The number of rotatable bonds is 6. The van der Waals surface area contributed by atoms with Gasteiger partial charge in [0.25, 0.3) is 17.4 Å². The maximum absolute atomic E-state index is 13.6. The van der Waals surface area contributed by atoms with Crippen LogP contribution in [-0.2, 0) is 6.54 Å². The van der Waals surface area contributed by atoms with Crippen molar-refractivity contribution in [3.8, 4) is 5.75 Å². The smallest absolute Gasteiger partial charge is 0.349 e. The number of methoxy groups -OCH3 is 1. The first-order chi connectivity index (χ1) is 22.3. The number of halogens is 1. The highest BCUT2D eigenvalue weighted by atomic mass is 35.5. The fraction of sp³-hybridized carbons (Fsp3) is 0.200. The number of carbonyl (C=O) groups excluding carboxylic acids is 2. The number of pyridine rings is 1. The van der Waals surface area contributed by atoms with E-state index in [0.717, 1.165) is 12.1 Å². The number of amides is 2. The zero-order valence-corrected chi connectivity index (χ0v) is 25.5. The highest BCUT2D eigenvalue weighted by Crippen LogP contribution is 2.39. The van der Waals surface area contributed by atoms with Crippen LogP contribution in [0.1, 0.15) is 38.7 Å². The lowest BCUT2D eigenvalue weighted by Gasteiger charge is -2.44. The molecule has 2 aliphatic heterocycles. The van der Waals surface area contributed by atoms with Crippen molar-refractivity contribution in [3.05, 3.63) is 128 Å². The summed E-state index contributed by atoms with van der Waals surface area (Å²) >= 11 is 6.25. The maximum atomic E-state index is 13.6. The van der Waals surface area contributed by atoms with Crippen molar-refractivity contribution in [1.29, 1.82) is 0 Å². The van der Waals surface area contributed by atoms with Crippen LogP contribution in [0.3, 0.4) is 0 Å². The van der Waals surface area contributed by atoms with Crippen LogP contribution in [0.4, 0.5) is 17.1 Å². The van der Waals surface area contributed by atoms with Gasteiger partial charge in [-0.05, 0) is 66.9 Å². The molecule has 2 bridgehead atoms. The Hall–Kier alpha value is -5.35. The topological polar surface area (TPSA) is 123 Å². The summed E-state index contributed by atoms with van der Waals surface area (Å²) < 4.78 is 12.5. The zero-order valence-electron chi connectivity index (χ0n) is 24.8. The number of para-hydroxylation sites is 1. The molecule has 0 spiro atoms. The van der Waals surface area contributed by atoms with Gasteiger partial charge in [-0.25, -0.2) is 4.79 Å². The van der Waals surface area contributed by atoms with E-state index < -0.39 is 17.4 Å². The average molecular weight is 637 g/mol. The third-order valence-electron chi connectivity index (χ3n) is 8.62. The summed E-state index contributed by atoms with van der Waals surface area (Å²) in [5, 5.41) is 6.68. The molecular formula is C35H29ClN4O6. The molecule has 2 aliphatic rings. The van der Waals surface area contributed by atoms with Crippen LogP contribution in [0.2, 0.25) is 5.02 Å². The molecule has 1 fully saturated rings. The first-order valence-corrected chi connectivity index (χ1v) is 15.2. The molecule has 0 saturated carbocycles. The fourth-order valence-corrected chi connectivity index (χ4v) is 6.76. The molecule has 11 heteroatoms. The third-order valence-corrected chi connectivity index (χ3v) is 8.92. The molecule has 5 aromatic rings. The van der Waals surface area contributed by atoms with E-state index in [1.54, 1.807) is 72.8 Å². The summed E-state index contributed by atoms with van der Waals surface area (Å²) in [7, 11) is 1.51. The Morgan fingerprint density at radius 3 is 2.57 bits per heavy atom. The molecular weight excluding hydrogens is 608 g/mol. The van der Waals surface area contributed by atoms with Crippen LogP contribution in [0.25, 0.3) is 11.0 Å². The molecule has 2 N–H and O–H groups in total. The number of hydrogen-bond acceptors (Lipinski definition) is 7. The van der Waals surface area contributed by atoms with Gasteiger partial charge in [0.15, 0.2) is 0 Å². The molecule has 2 atom stereocenters. The number of aromatic nitrogens is 1. The van der Waals surface area contributed by atoms with E-state index in [-0.39, 0.29) is 28.5 Å². The van der Waals surface area contributed by atoms with Crippen LogP contribution in [0, 0.1) is 5.92 Å². The van der Waals surface area contributed by atoms with Gasteiger partial charge in [0, 0.05) is 53.9 Å². The number of hydrogen-bond donors (Lipinski definition) is 2. The number of ether oxygens (including phenoxy) is 1. The van der Waals surface area contributed by atoms with Crippen molar-refractivity contribution in [1.82, 2.24) is 4.57 Å². The van der Waals surface area contributed by atoms with Crippen LogP contribution < -0.4 is 31.5 Å². The second kappa shape index (κ2) is 11.9. The molecule has 2 aromatic heterocycles. The molecule has 10 nitrogen and oxygen atoms in total. The molecule has 0 radical (unpaired) electrons. The lowest BCUT2D eigenvalue weighted by Crippen LogP contribution is -2.47. The van der Waals surface area contributed by atoms with Gasteiger partial charge in [-0.15, -0.1) is 0 Å². The Bertz CT molecular complexity index is 2140. The van der Waals surface area contributed by atoms with Crippen molar-refractivity contribution < 1.29 is 18.7 Å². The van der Waals surface area contributed by atoms with E-state index >= 15 is 0 Å². The van der Waals surface area contributed by atoms with Crippen LogP contribution in [-0.4, -0.2) is 36.6 Å². The molecule has 4 heterocycles. The number of piperidine rings is 1. The zero-order chi connectivity index (χ0) is 31.9. The monoisotopic (exact) mass is 636 g/mol. The maximum Gasteiger partial charge on any atom is 0.349 e. The standard InChI is InChI=1S/C35H29ClN4O6/c1-45-31-12-10-24(16-26(31)36)37-33(42)22-9-11-29(39-17-20-13-23(19-39)28-6-4-8-32(41)40(28)18-20)27(15-22)38-34(43)25-14-21-5-2-3-7-30(21)46-35(25)44/h2-12,14-16,20,23H,13,17-19H2,1H3,(H,37,42)(H,38,43)/t20-,23+/m1/s1. The SMILES string of the molecule is COc1ccc(NC(=O)c2ccc(N3C[C@H]4C[C@@H](C3)c3cccc(=O)n3C4)c(NC(=O)c3cc4ccccc4oc3=O)c2)cc1Cl. The van der Waals surface area contributed by atoms with Crippen molar-refractivity contribution in [2.45, 2.75) is 18.9 Å². The summed E-state index contributed by atoms with van der Waals surface area (Å²) in [6.45, 7) is 1.86. The Balaban J connectivity index is 1.23. The molecule has 46 heavy (non-hydrogen) atoms. The molecule has 0 aliphatic carbocycles. The van der Waals surface area contributed by atoms with E-state index in [1.807, 2.05) is 10.6 Å². The predicted octanol–water partition coefficient (Wildman–Crippen LogP) is 5.75. The van der Waals surface area contributed by atoms with Gasteiger partial charge in [0.2, 0.25) is 0 Å². The van der Waals surface area contributed by atoms with Crippen molar-refractivity contribution in [2.75, 3.05) is 35.7 Å². The molecule has 7 rings (SSSR count). The highest BCUT2D eigenvalue weighted by Gasteiger charge is 2.35. The predicted molar refractivity (Wildman–Crippen MR) is 177 cm³/mol. The van der Waals surface area contributed by atoms with Crippen LogP contribution >= 0.6 is 11.6 Å². The van der Waals surface area contributed by atoms with Gasteiger partial charge < -0.3 is 29.3 Å². The molecule has 0 unspecified atom stereocenters. The number of benzene rings is 3. The second-order valence-electron chi connectivity index (χ2n) is 11.6. The van der Waals surface area contributed by atoms with E-state index in [1.165, 1.54) is 13.2 Å². The van der Waals surface area contributed by atoms with Gasteiger partial charge in [0.05, 0.1) is 23.5 Å². The van der Waals surface area contributed by atoms with E-state index in [4.69, 9.17) is 20.8 Å². The normalized spacial score (nSPS) is 16.9. The van der Waals surface area contributed by atoms with Crippen LogP contribution in [0.15, 0.2) is 98.9 Å². The molecule has 232 valence electrons. The van der Waals surface area contributed by atoms with Crippen molar-refractivity contribution in [2.24, 2.45) is 5.92 Å². The first-order valence-electron chi connectivity index (χ1n) is 14.9. The number of carbonyl (C=O) groups is 2. The Morgan fingerprint density at radius 2 is 1.74 bits per heavy atom.